The van der Waals surface area contributed by atoms with Gasteiger partial charge in [0.25, 0.3) is 0 Å². The van der Waals surface area contributed by atoms with Crippen molar-refractivity contribution in [1.29, 1.82) is 0 Å². The molecule has 3 nitrogen and oxygen atoms in total. The van der Waals surface area contributed by atoms with Crippen molar-refractivity contribution in [2.75, 3.05) is 0 Å². The number of hydrogen-bond acceptors (Lipinski definition) is 3. The molecular weight excluding hydrogens is 320 g/mol. The summed E-state index contributed by atoms with van der Waals surface area (Å²) < 4.78 is 0. The molecule has 0 aromatic rings. The molecule has 1 saturated carbocycles. The zero-order valence-electron chi connectivity index (χ0n) is 16.9. The summed E-state index contributed by atoms with van der Waals surface area (Å²) in [6, 6.07) is 0. The van der Waals surface area contributed by atoms with E-state index in [9.17, 15) is 15.3 Å². The maximum atomic E-state index is 11.1. The Morgan fingerprint density at radius 2 is 1.13 bits per heavy atom. The highest BCUT2D eigenvalue weighted by Gasteiger charge is 2.58. The van der Waals surface area contributed by atoms with Gasteiger partial charge in [-0.05, 0) is 22.4 Å². The van der Waals surface area contributed by atoms with E-state index in [1.54, 1.807) is 0 Å². The predicted octanol–water partition coefficient (Wildman–Crippen LogP) is 3.80. The van der Waals surface area contributed by atoms with Crippen LogP contribution in [0.5, 0.6) is 0 Å². The molecule has 0 aromatic carbocycles. The average molecular weight is 361 g/mol. The van der Waals surface area contributed by atoms with Crippen LogP contribution in [-0.4, -0.2) is 49.0 Å². The van der Waals surface area contributed by atoms with Gasteiger partial charge >= 0.3 is 0 Å². The Morgan fingerprint density at radius 3 is 1.43 bits per heavy atom. The van der Waals surface area contributed by atoms with Gasteiger partial charge in [-0.1, -0.05) is 67.7 Å². The lowest BCUT2D eigenvalue weighted by molar-refractivity contribution is -0.105. The van der Waals surface area contributed by atoms with Crippen molar-refractivity contribution in [3.05, 3.63) is 0 Å². The fourth-order valence-electron chi connectivity index (χ4n) is 3.37. The molecular formula is C18H40O3Si2. The highest BCUT2D eigenvalue weighted by molar-refractivity contribution is 6.82. The average Bonchev–Trinajstić information content (AvgIpc) is 2.31. The highest BCUT2D eigenvalue weighted by atomic mass is 28.3. The standard InChI is InChI=1S/C18H40O3Si2/c1-17(2,3)22(7,8)15(20)12-11-13(19)14(12)16(21)23(9,10)18(4,5)6/h12-16,19-21H,11H2,1-10H3. The maximum Gasteiger partial charge on any atom is 0.0869 e. The molecule has 1 rings (SSSR count). The summed E-state index contributed by atoms with van der Waals surface area (Å²) in [6.45, 7) is 22.1. The van der Waals surface area contributed by atoms with Gasteiger partial charge < -0.3 is 15.3 Å². The maximum absolute atomic E-state index is 11.1. The van der Waals surface area contributed by atoms with Gasteiger partial charge in [0.1, 0.15) is 0 Å². The lowest BCUT2D eigenvalue weighted by Crippen LogP contribution is -2.66. The Bertz CT molecular complexity index is 421. The lowest BCUT2D eigenvalue weighted by Gasteiger charge is -2.56. The minimum atomic E-state index is -1.98. The summed E-state index contributed by atoms with van der Waals surface area (Å²) in [4.78, 5) is 0. The highest BCUT2D eigenvalue weighted by Crippen LogP contribution is 2.51. The van der Waals surface area contributed by atoms with E-state index in [1.165, 1.54) is 0 Å². The van der Waals surface area contributed by atoms with Crippen LogP contribution in [0.1, 0.15) is 48.0 Å². The van der Waals surface area contributed by atoms with Gasteiger partial charge in [-0.15, -0.1) is 0 Å². The van der Waals surface area contributed by atoms with Crippen LogP contribution in [0, 0.1) is 11.8 Å². The molecule has 0 radical (unpaired) electrons. The van der Waals surface area contributed by atoms with Gasteiger partial charge in [-0.2, -0.15) is 0 Å². The molecule has 5 atom stereocenters. The van der Waals surface area contributed by atoms with Gasteiger partial charge in [0.15, 0.2) is 0 Å². The van der Waals surface area contributed by atoms with Crippen molar-refractivity contribution >= 4 is 16.1 Å². The molecule has 5 unspecified atom stereocenters. The van der Waals surface area contributed by atoms with Crippen molar-refractivity contribution in [3.8, 4) is 0 Å². The largest absolute Gasteiger partial charge is 0.396 e. The monoisotopic (exact) mass is 360 g/mol. The molecule has 1 fully saturated rings. The van der Waals surface area contributed by atoms with Gasteiger partial charge in [0.05, 0.1) is 28.0 Å². The van der Waals surface area contributed by atoms with Crippen molar-refractivity contribution in [2.24, 2.45) is 11.8 Å². The van der Waals surface area contributed by atoms with E-state index >= 15 is 0 Å². The molecule has 0 aliphatic heterocycles. The summed E-state index contributed by atoms with van der Waals surface area (Å²) in [5, 5.41) is 32.7. The third-order valence-electron chi connectivity index (χ3n) is 7.57. The third-order valence-corrected chi connectivity index (χ3v) is 19.1. The van der Waals surface area contributed by atoms with Crippen LogP contribution in [0.15, 0.2) is 0 Å². The molecule has 138 valence electrons. The topological polar surface area (TPSA) is 60.7 Å². The second kappa shape index (κ2) is 6.24. The van der Waals surface area contributed by atoms with Crippen LogP contribution < -0.4 is 0 Å². The first kappa shape index (κ1) is 21.4. The summed E-state index contributed by atoms with van der Waals surface area (Å²) in [6.07, 6.45) is 0.160. The van der Waals surface area contributed by atoms with Crippen LogP contribution >= 0.6 is 0 Å². The van der Waals surface area contributed by atoms with E-state index in [-0.39, 0.29) is 27.6 Å². The first-order chi connectivity index (χ1) is 9.96. The Kier molecular flexibility index (Phi) is 5.79. The first-order valence-electron chi connectivity index (χ1n) is 9.00. The Morgan fingerprint density at radius 1 is 0.783 bits per heavy atom. The van der Waals surface area contributed by atoms with E-state index in [0.717, 1.165) is 0 Å². The molecule has 5 heteroatoms. The van der Waals surface area contributed by atoms with E-state index in [4.69, 9.17) is 0 Å². The zero-order valence-corrected chi connectivity index (χ0v) is 18.9. The van der Waals surface area contributed by atoms with Crippen molar-refractivity contribution in [2.45, 2.75) is 102 Å². The Hall–Kier alpha value is 0.314. The fourth-order valence-corrected chi connectivity index (χ4v) is 8.01. The minimum absolute atomic E-state index is 0.0371. The smallest absolute Gasteiger partial charge is 0.0869 e. The van der Waals surface area contributed by atoms with Gasteiger partial charge in [-0.25, -0.2) is 0 Å². The summed E-state index contributed by atoms with van der Waals surface area (Å²) in [7, 11) is -3.89. The van der Waals surface area contributed by atoms with Gasteiger partial charge in [0, 0.05) is 11.6 Å². The number of hydrogen-bond donors (Lipinski definition) is 3. The van der Waals surface area contributed by atoms with Gasteiger partial charge in [-0.3, -0.25) is 0 Å². The van der Waals surface area contributed by atoms with Crippen LogP contribution in [0.2, 0.25) is 36.3 Å². The summed E-state index contributed by atoms with van der Waals surface area (Å²) in [5.41, 5.74) is -0.856. The molecule has 23 heavy (non-hydrogen) atoms. The second-order valence-corrected chi connectivity index (χ2v) is 21.9. The van der Waals surface area contributed by atoms with Crippen LogP contribution in [0.25, 0.3) is 0 Å². The lowest BCUT2D eigenvalue weighted by atomic mass is 9.71. The Balaban J connectivity index is 3.05. The van der Waals surface area contributed by atoms with Crippen LogP contribution in [-0.2, 0) is 0 Å². The quantitative estimate of drug-likeness (QED) is 0.668. The predicted molar refractivity (Wildman–Crippen MR) is 104 cm³/mol. The van der Waals surface area contributed by atoms with Crippen molar-refractivity contribution in [3.63, 3.8) is 0 Å². The first-order valence-corrected chi connectivity index (χ1v) is 15.2. The number of aliphatic hydroxyl groups is 3. The normalized spacial score (nSPS) is 29.9. The van der Waals surface area contributed by atoms with Crippen LogP contribution in [0.4, 0.5) is 0 Å². The Labute approximate surface area is 145 Å². The molecule has 0 amide bonds. The fraction of sp³-hybridized carbons (Fsp3) is 1.00. The molecule has 0 heterocycles. The number of rotatable bonds is 4. The molecule has 0 spiro atoms. The molecule has 1 aliphatic rings. The van der Waals surface area contributed by atoms with Crippen LogP contribution in [0.3, 0.4) is 0 Å². The molecule has 0 saturated heterocycles. The van der Waals surface area contributed by atoms with Crippen molar-refractivity contribution in [1.82, 2.24) is 0 Å². The minimum Gasteiger partial charge on any atom is -0.396 e. The van der Waals surface area contributed by atoms with Gasteiger partial charge in [0.2, 0.25) is 0 Å². The van der Waals surface area contributed by atoms with Crippen molar-refractivity contribution < 1.29 is 15.3 Å². The van der Waals surface area contributed by atoms with E-state index in [2.05, 4.69) is 67.7 Å². The molecule has 3 N–H and O–H groups in total. The van der Waals surface area contributed by atoms with E-state index in [1.807, 2.05) is 0 Å². The molecule has 1 aliphatic carbocycles. The SMILES string of the molecule is CC(C)(C)[Si](C)(C)C(O)C1CC(O)C1C(O)[Si](C)(C)C(C)(C)C. The summed E-state index contributed by atoms with van der Waals surface area (Å²) in [5.74, 6) is -0.130. The third kappa shape index (κ3) is 3.64. The number of aliphatic hydroxyl groups excluding tert-OH is 3. The van der Waals surface area contributed by atoms with E-state index in [0.29, 0.717) is 6.42 Å². The summed E-state index contributed by atoms with van der Waals surface area (Å²) >= 11 is 0. The van der Waals surface area contributed by atoms with E-state index < -0.39 is 28.0 Å². The molecule has 0 bridgehead atoms. The second-order valence-electron chi connectivity index (χ2n) is 10.9. The zero-order chi connectivity index (χ0) is 18.6. The molecule has 0 aromatic heterocycles.